The molecule has 1 aliphatic carbocycles. The number of rotatable bonds is 1. The Balaban J connectivity index is 1.82. The second-order valence-electron chi connectivity index (χ2n) is 4.92. The largest absolute Gasteiger partial charge is 0.328 e. The first kappa shape index (κ1) is 10.4. The van der Waals surface area contributed by atoms with E-state index in [1.165, 1.54) is 51.9 Å². The molecule has 0 amide bonds. The molecule has 3 nitrogen and oxygen atoms in total. The summed E-state index contributed by atoms with van der Waals surface area (Å²) in [5, 5.41) is 0. The molecule has 0 unspecified atom stereocenters. The van der Waals surface area contributed by atoms with Crippen LogP contribution in [0.5, 0.6) is 0 Å². The summed E-state index contributed by atoms with van der Waals surface area (Å²) in [4.78, 5) is 5.07. The van der Waals surface area contributed by atoms with E-state index in [1.54, 1.807) is 0 Å². The average molecular weight is 197 g/mol. The normalized spacial score (nSPS) is 37.3. The maximum atomic E-state index is 6.02. The Morgan fingerprint density at radius 1 is 1.07 bits per heavy atom. The molecule has 0 bridgehead atoms. The van der Waals surface area contributed by atoms with Crippen molar-refractivity contribution in [2.75, 3.05) is 33.2 Å². The fourth-order valence-corrected chi connectivity index (χ4v) is 2.72. The quantitative estimate of drug-likeness (QED) is 0.664. The van der Waals surface area contributed by atoms with E-state index in [4.69, 9.17) is 5.73 Å². The van der Waals surface area contributed by atoms with Crippen LogP contribution in [0, 0.1) is 0 Å². The summed E-state index contributed by atoms with van der Waals surface area (Å²) in [5.41, 5.74) is 6.02. The lowest BCUT2D eigenvalue weighted by Gasteiger charge is -2.40. The summed E-state index contributed by atoms with van der Waals surface area (Å²) in [6.45, 7) is 4.94. The van der Waals surface area contributed by atoms with Gasteiger partial charge in [0, 0.05) is 38.3 Å². The van der Waals surface area contributed by atoms with E-state index in [2.05, 4.69) is 16.8 Å². The molecule has 1 saturated heterocycles. The molecule has 2 aliphatic rings. The first-order chi connectivity index (χ1) is 6.75. The third-order valence-electron chi connectivity index (χ3n) is 3.74. The van der Waals surface area contributed by atoms with Gasteiger partial charge in [0.1, 0.15) is 0 Å². The second kappa shape index (κ2) is 4.60. The van der Waals surface area contributed by atoms with E-state index in [0.29, 0.717) is 6.04 Å². The van der Waals surface area contributed by atoms with E-state index in [9.17, 15) is 0 Å². The van der Waals surface area contributed by atoms with Gasteiger partial charge in [-0.05, 0) is 26.3 Å². The molecule has 0 aromatic rings. The van der Waals surface area contributed by atoms with Crippen molar-refractivity contribution in [2.24, 2.45) is 5.73 Å². The molecule has 1 saturated carbocycles. The van der Waals surface area contributed by atoms with Gasteiger partial charge >= 0.3 is 0 Å². The summed E-state index contributed by atoms with van der Waals surface area (Å²) in [6, 6.07) is 1.25. The van der Waals surface area contributed by atoms with Crippen molar-refractivity contribution in [3.8, 4) is 0 Å². The van der Waals surface area contributed by atoms with Gasteiger partial charge in [-0.3, -0.25) is 4.90 Å². The Bertz CT molecular complexity index is 175. The van der Waals surface area contributed by atoms with Crippen molar-refractivity contribution >= 4 is 0 Å². The van der Waals surface area contributed by atoms with Crippen molar-refractivity contribution in [1.29, 1.82) is 0 Å². The standard InChI is InChI=1S/C11H23N3/c1-13-5-7-14(8-6-13)11-4-2-3-10(12)9-11/h10-11H,2-9,12H2,1H3/t10-,11-/m0/s1. The van der Waals surface area contributed by atoms with E-state index < -0.39 is 0 Å². The zero-order chi connectivity index (χ0) is 9.97. The highest BCUT2D eigenvalue weighted by Gasteiger charge is 2.26. The number of nitrogens with two attached hydrogens (primary N) is 1. The van der Waals surface area contributed by atoms with Crippen LogP contribution in [0.3, 0.4) is 0 Å². The maximum absolute atomic E-state index is 6.02. The topological polar surface area (TPSA) is 32.5 Å². The Morgan fingerprint density at radius 3 is 2.43 bits per heavy atom. The van der Waals surface area contributed by atoms with Crippen LogP contribution >= 0.6 is 0 Å². The van der Waals surface area contributed by atoms with E-state index >= 15 is 0 Å². The average Bonchev–Trinajstić information content (AvgIpc) is 2.19. The molecule has 82 valence electrons. The number of hydrogen-bond donors (Lipinski definition) is 1. The SMILES string of the molecule is CN1CCN([C@H]2CCC[C@H](N)C2)CC1. The van der Waals surface area contributed by atoms with Crippen molar-refractivity contribution in [3.05, 3.63) is 0 Å². The highest BCUT2D eigenvalue weighted by molar-refractivity contribution is 4.84. The minimum Gasteiger partial charge on any atom is -0.328 e. The fourth-order valence-electron chi connectivity index (χ4n) is 2.72. The molecular formula is C11H23N3. The molecule has 2 atom stereocenters. The van der Waals surface area contributed by atoms with E-state index in [-0.39, 0.29) is 0 Å². The van der Waals surface area contributed by atoms with Crippen molar-refractivity contribution < 1.29 is 0 Å². The van der Waals surface area contributed by atoms with Gasteiger partial charge in [-0.15, -0.1) is 0 Å². The Hall–Kier alpha value is -0.120. The minimum absolute atomic E-state index is 0.466. The molecule has 14 heavy (non-hydrogen) atoms. The minimum atomic E-state index is 0.466. The van der Waals surface area contributed by atoms with Gasteiger partial charge in [-0.1, -0.05) is 6.42 Å². The van der Waals surface area contributed by atoms with Crippen LogP contribution in [0.15, 0.2) is 0 Å². The molecule has 0 radical (unpaired) electrons. The van der Waals surface area contributed by atoms with Gasteiger partial charge in [0.05, 0.1) is 0 Å². The lowest BCUT2D eigenvalue weighted by molar-refractivity contribution is 0.0869. The Labute approximate surface area is 87.2 Å². The van der Waals surface area contributed by atoms with Gasteiger partial charge in [0.2, 0.25) is 0 Å². The van der Waals surface area contributed by atoms with E-state index in [0.717, 1.165) is 6.04 Å². The molecule has 2 N–H and O–H groups in total. The molecule has 0 spiro atoms. The van der Waals surface area contributed by atoms with Crippen LogP contribution in [0.1, 0.15) is 25.7 Å². The Morgan fingerprint density at radius 2 is 1.79 bits per heavy atom. The van der Waals surface area contributed by atoms with Crippen molar-refractivity contribution in [1.82, 2.24) is 9.80 Å². The van der Waals surface area contributed by atoms with Crippen molar-refractivity contribution in [3.63, 3.8) is 0 Å². The van der Waals surface area contributed by atoms with Gasteiger partial charge < -0.3 is 10.6 Å². The highest BCUT2D eigenvalue weighted by Crippen LogP contribution is 2.22. The van der Waals surface area contributed by atoms with Gasteiger partial charge in [-0.2, -0.15) is 0 Å². The fraction of sp³-hybridized carbons (Fsp3) is 1.00. The molecule has 0 aromatic carbocycles. The number of nitrogens with zero attached hydrogens (tertiary/aromatic N) is 2. The zero-order valence-corrected chi connectivity index (χ0v) is 9.28. The first-order valence-electron chi connectivity index (χ1n) is 5.94. The lowest BCUT2D eigenvalue weighted by atomic mass is 9.90. The molecule has 3 heteroatoms. The van der Waals surface area contributed by atoms with Crippen LogP contribution in [0.25, 0.3) is 0 Å². The van der Waals surface area contributed by atoms with Gasteiger partial charge in [0.25, 0.3) is 0 Å². The third kappa shape index (κ3) is 2.47. The number of piperazine rings is 1. The maximum Gasteiger partial charge on any atom is 0.0113 e. The monoisotopic (exact) mass is 197 g/mol. The van der Waals surface area contributed by atoms with Crippen LogP contribution < -0.4 is 5.73 Å². The second-order valence-corrected chi connectivity index (χ2v) is 4.92. The van der Waals surface area contributed by atoms with Gasteiger partial charge in [0.15, 0.2) is 0 Å². The summed E-state index contributed by atoms with van der Waals surface area (Å²) >= 11 is 0. The van der Waals surface area contributed by atoms with Gasteiger partial charge in [-0.25, -0.2) is 0 Å². The summed E-state index contributed by atoms with van der Waals surface area (Å²) in [6.07, 6.45) is 5.17. The first-order valence-corrected chi connectivity index (χ1v) is 5.94. The molecular weight excluding hydrogens is 174 g/mol. The van der Waals surface area contributed by atoms with E-state index in [1.807, 2.05) is 0 Å². The summed E-state index contributed by atoms with van der Waals surface area (Å²) < 4.78 is 0. The molecule has 1 heterocycles. The molecule has 2 rings (SSSR count). The zero-order valence-electron chi connectivity index (χ0n) is 9.28. The van der Waals surface area contributed by atoms with Crippen LogP contribution in [-0.4, -0.2) is 55.1 Å². The molecule has 2 fully saturated rings. The van der Waals surface area contributed by atoms with Crippen LogP contribution in [0.4, 0.5) is 0 Å². The third-order valence-corrected chi connectivity index (χ3v) is 3.74. The van der Waals surface area contributed by atoms with Crippen molar-refractivity contribution in [2.45, 2.75) is 37.8 Å². The van der Waals surface area contributed by atoms with Crippen LogP contribution in [0.2, 0.25) is 0 Å². The predicted octanol–water partition coefficient (Wildman–Crippen LogP) is 0.504. The summed E-state index contributed by atoms with van der Waals surface area (Å²) in [5.74, 6) is 0. The number of likely N-dealkylation sites (N-methyl/N-ethyl adjacent to an activating group) is 1. The number of hydrogen-bond acceptors (Lipinski definition) is 3. The summed E-state index contributed by atoms with van der Waals surface area (Å²) in [7, 11) is 2.21. The van der Waals surface area contributed by atoms with Crippen LogP contribution in [-0.2, 0) is 0 Å². The lowest BCUT2D eigenvalue weighted by Crippen LogP contribution is -2.51. The predicted molar refractivity (Wildman–Crippen MR) is 59.3 cm³/mol. The smallest absolute Gasteiger partial charge is 0.0113 e. The highest BCUT2D eigenvalue weighted by atomic mass is 15.3. The molecule has 1 aliphatic heterocycles. The Kier molecular flexibility index (Phi) is 3.42. The molecule has 0 aromatic heterocycles.